The van der Waals surface area contributed by atoms with E-state index in [2.05, 4.69) is 20.7 Å². The van der Waals surface area contributed by atoms with E-state index < -0.39 is 15.6 Å². The summed E-state index contributed by atoms with van der Waals surface area (Å²) in [7, 11) is -3.57. The maximum absolute atomic E-state index is 12.2. The van der Waals surface area contributed by atoms with Crippen LogP contribution in [-0.4, -0.2) is 19.3 Å². The quantitative estimate of drug-likeness (QED) is 0.856. The average molecular weight is 341 g/mol. The van der Waals surface area contributed by atoms with Gasteiger partial charge in [-0.15, -0.1) is 11.6 Å². The number of sulfonamides is 1. The van der Waals surface area contributed by atoms with Gasteiger partial charge in [0.2, 0.25) is 10.0 Å². The smallest absolute Gasteiger partial charge is 0.207 e. The summed E-state index contributed by atoms with van der Waals surface area (Å²) >= 11 is 9.19. The van der Waals surface area contributed by atoms with Gasteiger partial charge in [0.15, 0.2) is 0 Å². The topological polar surface area (TPSA) is 46.2 Å². The normalized spacial score (nSPS) is 14.6. The number of hydrogen-bond donors (Lipinski definition) is 1. The molecular formula is C11H15BrClNO2S. The first-order chi connectivity index (χ1) is 7.67. The van der Waals surface area contributed by atoms with Crippen molar-refractivity contribution in [3.05, 3.63) is 28.7 Å². The fourth-order valence-corrected chi connectivity index (χ4v) is 3.75. The zero-order valence-electron chi connectivity index (χ0n) is 9.87. The van der Waals surface area contributed by atoms with E-state index in [1.807, 2.05) is 0 Å². The van der Waals surface area contributed by atoms with Crippen LogP contribution in [0.1, 0.15) is 20.8 Å². The lowest BCUT2D eigenvalue weighted by Crippen LogP contribution is -2.48. The first-order valence-corrected chi connectivity index (χ1v) is 7.80. The largest absolute Gasteiger partial charge is 0.242 e. The lowest BCUT2D eigenvalue weighted by molar-refractivity contribution is 0.445. The van der Waals surface area contributed by atoms with Crippen molar-refractivity contribution in [1.82, 2.24) is 4.72 Å². The van der Waals surface area contributed by atoms with Crippen molar-refractivity contribution in [3.8, 4) is 0 Å². The maximum Gasteiger partial charge on any atom is 0.242 e. The Morgan fingerprint density at radius 3 is 2.35 bits per heavy atom. The zero-order valence-corrected chi connectivity index (χ0v) is 13.0. The number of hydrogen-bond acceptors (Lipinski definition) is 2. The third kappa shape index (κ3) is 3.68. The molecule has 0 saturated heterocycles. The fourth-order valence-electron chi connectivity index (χ4n) is 1.15. The van der Waals surface area contributed by atoms with Crippen LogP contribution in [0.4, 0.5) is 0 Å². The predicted octanol–water partition coefficient (Wildman–Crippen LogP) is 3.13. The number of rotatable bonds is 4. The van der Waals surface area contributed by atoms with E-state index in [1.54, 1.807) is 45.0 Å². The minimum Gasteiger partial charge on any atom is -0.207 e. The Kier molecular flexibility index (Phi) is 4.63. The summed E-state index contributed by atoms with van der Waals surface area (Å²) in [6.07, 6.45) is 0. The molecule has 1 rings (SSSR count). The molecule has 0 aliphatic heterocycles. The summed E-state index contributed by atoms with van der Waals surface area (Å²) in [6, 6.07) is 6.67. The summed E-state index contributed by atoms with van der Waals surface area (Å²) in [4.78, 5) is 0.213. The maximum atomic E-state index is 12.2. The molecule has 1 unspecified atom stereocenters. The third-order valence-electron chi connectivity index (χ3n) is 2.52. The van der Waals surface area contributed by atoms with Crippen LogP contribution >= 0.6 is 27.5 Å². The number of alkyl halides is 1. The zero-order chi connectivity index (χ0) is 13.3. The van der Waals surface area contributed by atoms with Gasteiger partial charge in [0.25, 0.3) is 0 Å². The molecule has 0 amide bonds. The van der Waals surface area contributed by atoms with E-state index in [4.69, 9.17) is 11.6 Å². The minimum atomic E-state index is -3.57. The molecule has 0 aliphatic carbocycles. The van der Waals surface area contributed by atoms with Gasteiger partial charge < -0.3 is 0 Å². The van der Waals surface area contributed by atoms with E-state index >= 15 is 0 Å². The standard InChI is InChI=1S/C11H15BrClNO2S/c1-8(13)11(2,3)14-17(15,16)10-7-5-4-6-9(10)12/h4-8,14H,1-3H3. The minimum absolute atomic E-state index is 0.213. The molecule has 1 aromatic rings. The molecule has 1 aromatic carbocycles. The lowest BCUT2D eigenvalue weighted by atomic mass is 10.0. The van der Waals surface area contributed by atoms with Crippen LogP contribution in [0.3, 0.4) is 0 Å². The van der Waals surface area contributed by atoms with E-state index in [0.29, 0.717) is 4.47 Å². The van der Waals surface area contributed by atoms with Crippen molar-refractivity contribution in [3.63, 3.8) is 0 Å². The van der Waals surface area contributed by atoms with E-state index in [-0.39, 0.29) is 10.3 Å². The molecule has 0 fully saturated rings. The number of benzene rings is 1. The molecule has 0 aliphatic rings. The second-order valence-electron chi connectivity index (χ2n) is 4.37. The third-order valence-corrected chi connectivity index (χ3v) is 5.75. The first-order valence-electron chi connectivity index (χ1n) is 5.09. The molecule has 0 bridgehead atoms. The van der Waals surface area contributed by atoms with Crippen LogP contribution in [-0.2, 0) is 10.0 Å². The molecule has 0 saturated carbocycles. The van der Waals surface area contributed by atoms with E-state index in [9.17, 15) is 8.42 Å². The second-order valence-corrected chi connectivity index (χ2v) is 7.53. The SMILES string of the molecule is CC(Cl)C(C)(C)NS(=O)(=O)c1ccccc1Br. The van der Waals surface area contributed by atoms with Crippen molar-refractivity contribution >= 4 is 37.6 Å². The molecule has 6 heteroatoms. The fraction of sp³-hybridized carbons (Fsp3) is 0.455. The van der Waals surface area contributed by atoms with E-state index in [0.717, 1.165) is 0 Å². The summed E-state index contributed by atoms with van der Waals surface area (Å²) in [5.74, 6) is 0. The summed E-state index contributed by atoms with van der Waals surface area (Å²) in [5.41, 5.74) is -0.713. The predicted molar refractivity (Wildman–Crippen MR) is 73.9 cm³/mol. The number of nitrogens with one attached hydrogen (secondary N) is 1. The highest BCUT2D eigenvalue weighted by Gasteiger charge is 2.31. The summed E-state index contributed by atoms with van der Waals surface area (Å²) in [5, 5.41) is -0.320. The van der Waals surface area contributed by atoms with Crippen LogP contribution in [0.15, 0.2) is 33.6 Å². The summed E-state index contributed by atoms with van der Waals surface area (Å²) < 4.78 is 27.5. The second kappa shape index (κ2) is 5.26. The summed E-state index contributed by atoms with van der Waals surface area (Å²) in [6.45, 7) is 5.25. The van der Waals surface area contributed by atoms with Gasteiger partial charge >= 0.3 is 0 Å². The Bertz CT molecular complexity index is 500. The van der Waals surface area contributed by atoms with Crippen LogP contribution in [0.25, 0.3) is 0 Å². The highest BCUT2D eigenvalue weighted by molar-refractivity contribution is 9.10. The Morgan fingerprint density at radius 2 is 1.88 bits per heavy atom. The Morgan fingerprint density at radius 1 is 1.35 bits per heavy atom. The average Bonchev–Trinajstić information content (AvgIpc) is 2.16. The molecule has 17 heavy (non-hydrogen) atoms. The molecule has 0 heterocycles. The molecule has 1 N–H and O–H groups in total. The van der Waals surface area contributed by atoms with Gasteiger partial charge in [0.05, 0.1) is 4.90 Å². The van der Waals surface area contributed by atoms with Crippen molar-refractivity contribution < 1.29 is 8.42 Å². The van der Waals surface area contributed by atoms with E-state index in [1.165, 1.54) is 0 Å². The van der Waals surface area contributed by atoms with Crippen molar-refractivity contribution in [2.24, 2.45) is 0 Å². The molecule has 0 radical (unpaired) electrons. The Balaban J connectivity index is 3.11. The van der Waals surface area contributed by atoms with Gasteiger partial charge in [0.1, 0.15) is 0 Å². The van der Waals surface area contributed by atoms with Gasteiger partial charge in [-0.3, -0.25) is 0 Å². The van der Waals surface area contributed by atoms with Crippen molar-refractivity contribution in [2.75, 3.05) is 0 Å². The molecule has 0 spiro atoms. The van der Waals surface area contributed by atoms with Gasteiger partial charge in [-0.1, -0.05) is 12.1 Å². The molecule has 1 atom stereocenters. The Labute approximate surface area is 116 Å². The highest BCUT2D eigenvalue weighted by atomic mass is 79.9. The van der Waals surface area contributed by atoms with Crippen LogP contribution < -0.4 is 4.72 Å². The van der Waals surface area contributed by atoms with Gasteiger partial charge in [0, 0.05) is 15.4 Å². The molecular weight excluding hydrogens is 326 g/mol. The first kappa shape index (κ1) is 15.0. The molecule has 96 valence electrons. The Hall–Kier alpha value is -0.100. The van der Waals surface area contributed by atoms with Crippen molar-refractivity contribution in [2.45, 2.75) is 36.6 Å². The van der Waals surface area contributed by atoms with Crippen LogP contribution in [0.5, 0.6) is 0 Å². The monoisotopic (exact) mass is 339 g/mol. The number of halogens is 2. The van der Waals surface area contributed by atoms with Gasteiger partial charge in [-0.05, 0) is 48.8 Å². The molecule has 0 aromatic heterocycles. The van der Waals surface area contributed by atoms with Crippen LogP contribution in [0, 0.1) is 0 Å². The van der Waals surface area contributed by atoms with Gasteiger partial charge in [-0.2, -0.15) is 0 Å². The van der Waals surface area contributed by atoms with Gasteiger partial charge in [-0.25, -0.2) is 13.1 Å². The highest BCUT2D eigenvalue weighted by Crippen LogP contribution is 2.24. The van der Waals surface area contributed by atoms with Crippen LogP contribution in [0.2, 0.25) is 0 Å². The van der Waals surface area contributed by atoms with Crippen molar-refractivity contribution in [1.29, 1.82) is 0 Å². The molecule has 3 nitrogen and oxygen atoms in total. The lowest BCUT2D eigenvalue weighted by Gasteiger charge is -2.28.